The largest absolute Gasteiger partial charge is 0.478 e. The number of aromatic carboxylic acids is 1. The number of carbonyl (C=O) groups is 2. The molecule has 3 aromatic carbocycles. The third-order valence-corrected chi connectivity index (χ3v) is 4.89. The van der Waals surface area contributed by atoms with E-state index in [-0.39, 0.29) is 17.0 Å². The summed E-state index contributed by atoms with van der Waals surface area (Å²) in [5.41, 5.74) is 2.74. The van der Waals surface area contributed by atoms with Gasteiger partial charge < -0.3 is 10.2 Å². The Hall–Kier alpha value is -3.31. The van der Waals surface area contributed by atoms with Crippen LogP contribution >= 0.6 is 0 Å². The van der Waals surface area contributed by atoms with Gasteiger partial charge in [-0.2, -0.15) is 0 Å². The van der Waals surface area contributed by atoms with E-state index in [1.54, 1.807) is 18.2 Å². The molecule has 29 heavy (non-hydrogen) atoms. The van der Waals surface area contributed by atoms with Crippen molar-refractivity contribution in [2.45, 2.75) is 18.8 Å². The maximum atomic E-state index is 14.1. The molecule has 4 nitrogen and oxygen atoms in total. The molecule has 5 heteroatoms. The number of carbonyl (C=O) groups excluding carboxylic acids is 1. The van der Waals surface area contributed by atoms with Gasteiger partial charge in [-0.25, -0.2) is 9.18 Å². The molecule has 0 aliphatic heterocycles. The lowest BCUT2D eigenvalue weighted by Crippen LogP contribution is -2.12. The first-order valence-corrected chi connectivity index (χ1v) is 9.27. The van der Waals surface area contributed by atoms with Crippen LogP contribution in [0.2, 0.25) is 0 Å². The fraction of sp³-hybridized carbons (Fsp3) is 0.167. The van der Waals surface area contributed by atoms with Gasteiger partial charge in [0.25, 0.3) is 0 Å². The predicted molar refractivity (Wildman–Crippen MR) is 108 cm³/mol. The summed E-state index contributed by atoms with van der Waals surface area (Å²) in [5, 5.41) is 18.4. The second-order valence-corrected chi connectivity index (χ2v) is 6.92. The maximum absolute atomic E-state index is 14.1. The van der Waals surface area contributed by atoms with Crippen LogP contribution < -0.4 is 0 Å². The first kappa shape index (κ1) is 20.4. The van der Waals surface area contributed by atoms with E-state index in [0.29, 0.717) is 12.8 Å². The average molecular weight is 392 g/mol. The van der Waals surface area contributed by atoms with Crippen LogP contribution in [-0.4, -0.2) is 28.6 Å². The second kappa shape index (κ2) is 9.26. The molecule has 0 bridgehead atoms. The highest BCUT2D eigenvalue weighted by atomic mass is 19.1. The summed E-state index contributed by atoms with van der Waals surface area (Å²) in [6, 6.07) is 20.9. The molecule has 1 unspecified atom stereocenters. The number of carboxylic acid groups (broad SMARTS) is 1. The molecule has 0 radical (unpaired) electrons. The first-order chi connectivity index (χ1) is 14.0. The number of hydrogen-bond donors (Lipinski definition) is 2. The standard InChI is InChI=1S/C24H21FO4/c25-22-10-9-18(14-21(22)23(27)15-26)20(11-16-5-2-1-3-6-16)13-17-7-4-8-19(12-17)24(28)29/h1-10,12,14,20,26H,11,13,15H2,(H,28,29). The number of ketones is 1. The van der Waals surface area contributed by atoms with E-state index in [1.165, 1.54) is 18.2 Å². The third kappa shape index (κ3) is 5.15. The van der Waals surface area contributed by atoms with Crippen LogP contribution in [0.4, 0.5) is 4.39 Å². The molecule has 0 saturated heterocycles. The van der Waals surface area contributed by atoms with Crippen molar-refractivity contribution in [1.29, 1.82) is 0 Å². The van der Waals surface area contributed by atoms with Crippen molar-refractivity contribution in [2.75, 3.05) is 6.61 Å². The Kier molecular flexibility index (Phi) is 6.52. The summed E-state index contributed by atoms with van der Waals surface area (Å²) in [6.45, 7) is -0.760. The van der Waals surface area contributed by atoms with Gasteiger partial charge in [-0.1, -0.05) is 48.5 Å². The quantitative estimate of drug-likeness (QED) is 0.562. The Morgan fingerprint density at radius 1 is 0.862 bits per heavy atom. The lowest BCUT2D eigenvalue weighted by molar-refractivity contribution is 0.0696. The predicted octanol–water partition coefficient (Wildman–Crippen LogP) is 4.27. The van der Waals surface area contributed by atoms with Gasteiger partial charge >= 0.3 is 5.97 Å². The monoisotopic (exact) mass is 392 g/mol. The maximum Gasteiger partial charge on any atom is 0.335 e. The summed E-state index contributed by atoms with van der Waals surface area (Å²) < 4.78 is 14.1. The Morgan fingerprint density at radius 3 is 2.24 bits per heavy atom. The molecule has 3 aromatic rings. The van der Waals surface area contributed by atoms with Gasteiger partial charge in [0.1, 0.15) is 12.4 Å². The molecule has 0 spiro atoms. The van der Waals surface area contributed by atoms with Crippen molar-refractivity contribution in [3.8, 4) is 0 Å². The van der Waals surface area contributed by atoms with E-state index in [1.807, 2.05) is 36.4 Å². The number of carboxylic acids is 1. The molecular weight excluding hydrogens is 371 g/mol. The van der Waals surface area contributed by atoms with E-state index in [0.717, 1.165) is 16.7 Å². The van der Waals surface area contributed by atoms with E-state index >= 15 is 0 Å². The smallest absolute Gasteiger partial charge is 0.335 e. The molecule has 3 rings (SSSR count). The molecule has 1 atom stereocenters. The van der Waals surface area contributed by atoms with E-state index in [9.17, 15) is 19.1 Å². The van der Waals surface area contributed by atoms with Crippen LogP contribution in [-0.2, 0) is 12.8 Å². The lowest BCUT2D eigenvalue weighted by Gasteiger charge is -2.19. The van der Waals surface area contributed by atoms with Crippen molar-refractivity contribution < 1.29 is 24.2 Å². The highest BCUT2D eigenvalue weighted by molar-refractivity contribution is 5.97. The number of halogens is 1. The number of aliphatic hydroxyl groups is 1. The van der Waals surface area contributed by atoms with Gasteiger partial charge in [0, 0.05) is 0 Å². The van der Waals surface area contributed by atoms with Crippen molar-refractivity contribution in [3.63, 3.8) is 0 Å². The summed E-state index contributed by atoms with van der Waals surface area (Å²) >= 11 is 0. The Balaban J connectivity index is 1.98. The fourth-order valence-corrected chi connectivity index (χ4v) is 3.42. The SMILES string of the molecule is O=C(O)c1cccc(CC(Cc2ccccc2)c2ccc(F)c(C(=O)CO)c2)c1. The van der Waals surface area contributed by atoms with E-state index in [2.05, 4.69) is 0 Å². The molecule has 0 aliphatic rings. The molecular formula is C24H21FO4. The van der Waals surface area contributed by atoms with Gasteiger partial charge in [0.05, 0.1) is 11.1 Å². The minimum Gasteiger partial charge on any atom is -0.478 e. The molecule has 0 aromatic heterocycles. The highest BCUT2D eigenvalue weighted by Crippen LogP contribution is 2.27. The number of rotatable bonds is 8. The lowest BCUT2D eigenvalue weighted by atomic mass is 9.85. The van der Waals surface area contributed by atoms with Crippen molar-refractivity contribution in [2.24, 2.45) is 0 Å². The van der Waals surface area contributed by atoms with Gasteiger partial charge in [-0.15, -0.1) is 0 Å². The summed E-state index contributed by atoms with van der Waals surface area (Å²) in [4.78, 5) is 23.2. The van der Waals surface area contributed by atoms with Crippen LogP contribution in [0.25, 0.3) is 0 Å². The molecule has 2 N–H and O–H groups in total. The van der Waals surface area contributed by atoms with Crippen LogP contribution in [0.3, 0.4) is 0 Å². The van der Waals surface area contributed by atoms with Crippen molar-refractivity contribution >= 4 is 11.8 Å². The number of Topliss-reactive ketones (excluding diaryl/α,β-unsaturated/α-hetero) is 1. The van der Waals surface area contributed by atoms with E-state index in [4.69, 9.17) is 5.11 Å². The summed E-state index contributed by atoms with van der Waals surface area (Å²) in [7, 11) is 0. The minimum atomic E-state index is -0.996. The number of aliphatic hydroxyl groups excluding tert-OH is 1. The third-order valence-electron chi connectivity index (χ3n) is 4.89. The van der Waals surface area contributed by atoms with Crippen LogP contribution in [0, 0.1) is 5.82 Å². The van der Waals surface area contributed by atoms with Crippen LogP contribution in [0.5, 0.6) is 0 Å². The Morgan fingerprint density at radius 2 is 1.55 bits per heavy atom. The normalized spacial score (nSPS) is 11.8. The highest BCUT2D eigenvalue weighted by Gasteiger charge is 2.18. The molecule has 0 saturated carbocycles. The Labute approximate surface area is 168 Å². The van der Waals surface area contributed by atoms with Gasteiger partial charge in [-0.05, 0) is 59.7 Å². The number of hydrogen-bond acceptors (Lipinski definition) is 3. The minimum absolute atomic E-state index is 0.104. The zero-order chi connectivity index (χ0) is 20.8. The molecule has 0 aliphatic carbocycles. The molecule has 0 amide bonds. The van der Waals surface area contributed by atoms with Crippen LogP contribution in [0.15, 0.2) is 72.8 Å². The van der Waals surface area contributed by atoms with E-state index < -0.39 is 24.2 Å². The van der Waals surface area contributed by atoms with Crippen molar-refractivity contribution in [3.05, 3.63) is 106 Å². The van der Waals surface area contributed by atoms with Gasteiger partial charge in [-0.3, -0.25) is 4.79 Å². The molecule has 148 valence electrons. The van der Waals surface area contributed by atoms with Crippen LogP contribution in [0.1, 0.15) is 43.3 Å². The topological polar surface area (TPSA) is 74.6 Å². The molecule has 0 fully saturated rings. The van der Waals surface area contributed by atoms with Crippen molar-refractivity contribution in [1.82, 2.24) is 0 Å². The fourth-order valence-electron chi connectivity index (χ4n) is 3.42. The first-order valence-electron chi connectivity index (χ1n) is 9.27. The summed E-state index contributed by atoms with van der Waals surface area (Å²) in [5.74, 6) is -2.44. The van der Waals surface area contributed by atoms with Gasteiger partial charge in [0.15, 0.2) is 5.78 Å². The average Bonchev–Trinajstić information content (AvgIpc) is 2.74. The van der Waals surface area contributed by atoms with Gasteiger partial charge in [0.2, 0.25) is 0 Å². The Bertz CT molecular complexity index is 1010. The zero-order valence-electron chi connectivity index (χ0n) is 15.7. The number of benzene rings is 3. The summed E-state index contributed by atoms with van der Waals surface area (Å²) in [6.07, 6.45) is 1.16. The zero-order valence-corrected chi connectivity index (χ0v) is 15.7. The second-order valence-electron chi connectivity index (χ2n) is 6.92. The molecule has 0 heterocycles.